The van der Waals surface area contributed by atoms with E-state index in [2.05, 4.69) is 18.8 Å². The van der Waals surface area contributed by atoms with Crippen LogP contribution >= 0.6 is 30.5 Å². The quantitative estimate of drug-likeness (QED) is 0.614. The topological polar surface area (TPSA) is 81.1 Å². The van der Waals surface area contributed by atoms with E-state index in [9.17, 15) is 9.59 Å². The molecule has 17 heavy (non-hydrogen) atoms. The van der Waals surface area contributed by atoms with Gasteiger partial charge in [0.05, 0.1) is 0 Å². The molecule has 0 fully saturated rings. The van der Waals surface area contributed by atoms with E-state index in [4.69, 9.17) is 10.2 Å². The molecule has 0 aromatic carbocycles. The van der Waals surface area contributed by atoms with Gasteiger partial charge in [-0.3, -0.25) is 18.9 Å². The maximum atomic E-state index is 10.9. The summed E-state index contributed by atoms with van der Waals surface area (Å²) < 4.78 is 3.05. The Morgan fingerprint density at radius 1 is 1.06 bits per heavy atom. The van der Waals surface area contributed by atoms with E-state index >= 15 is 0 Å². The summed E-state index contributed by atoms with van der Waals surface area (Å²) in [5.41, 5.74) is 0. The summed E-state index contributed by atoms with van der Waals surface area (Å²) in [5, 5.41) is 17.9. The number of nitrogens with zero attached hydrogens (tertiary/aromatic N) is 2. The van der Waals surface area contributed by atoms with E-state index in [-0.39, 0.29) is 0 Å². The molecule has 0 bridgehead atoms. The van der Waals surface area contributed by atoms with Gasteiger partial charge in [-0.05, 0) is 14.1 Å². The number of hydrogen-bond acceptors (Lipinski definition) is 5. The highest BCUT2D eigenvalue weighted by molar-refractivity contribution is 7.99. The predicted octanol–water partition coefficient (Wildman–Crippen LogP) is 0.0698. The Hall–Kier alpha value is 0.0700. The number of likely N-dealkylation sites (N-methyl/N-ethyl adjacent to an activating group) is 2. The molecule has 0 saturated carbocycles. The minimum atomic E-state index is -0.916. The summed E-state index contributed by atoms with van der Waals surface area (Å²) in [7, 11) is 7.92. The fraction of sp³-hybridized carbons (Fsp3) is 0.750. The molecule has 0 saturated heterocycles. The second kappa shape index (κ2) is 8.22. The SMILES string of the molecule is CN(P)[C@@H](CSC[C@@H](C(=O)O)N(C)P)C(=O)O. The fourth-order valence-electron chi connectivity index (χ4n) is 1.02. The van der Waals surface area contributed by atoms with Crippen LogP contribution < -0.4 is 0 Å². The van der Waals surface area contributed by atoms with Crippen LogP contribution in [0.5, 0.6) is 0 Å². The van der Waals surface area contributed by atoms with Crippen LogP contribution in [0, 0.1) is 0 Å². The number of thioether (sulfide) groups is 1. The number of hydrogen-bond donors (Lipinski definition) is 2. The highest BCUT2D eigenvalue weighted by Gasteiger charge is 2.23. The van der Waals surface area contributed by atoms with Crippen LogP contribution in [-0.4, -0.2) is 69.2 Å². The van der Waals surface area contributed by atoms with Gasteiger partial charge in [0.25, 0.3) is 0 Å². The molecule has 0 amide bonds. The number of carboxylic acids is 2. The average molecular weight is 300 g/mol. The Morgan fingerprint density at radius 3 is 1.53 bits per heavy atom. The lowest BCUT2D eigenvalue weighted by Crippen LogP contribution is -2.37. The number of carbonyl (C=O) groups is 2. The van der Waals surface area contributed by atoms with Crippen molar-refractivity contribution in [3.63, 3.8) is 0 Å². The van der Waals surface area contributed by atoms with Crippen LogP contribution in [0.1, 0.15) is 0 Å². The Kier molecular flexibility index (Phi) is 8.25. The first kappa shape index (κ1) is 17.1. The molecule has 0 radical (unpaired) electrons. The van der Waals surface area contributed by atoms with E-state index in [0.717, 1.165) is 0 Å². The molecule has 0 aliphatic carbocycles. The maximum Gasteiger partial charge on any atom is 0.322 e. The fourth-order valence-corrected chi connectivity index (χ4v) is 3.13. The van der Waals surface area contributed by atoms with Gasteiger partial charge in [0.1, 0.15) is 12.1 Å². The van der Waals surface area contributed by atoms with Crippen molar-refractivity contribution < 1.29 is 19.8 Å². The molecule has 100 valence electrons. The first-order valence-electron chi connectivity index (χ1n) is 4.75. The third-order valence-corrected chi connectivity index (χ3v) is 3.93. The average Bonchev–Trinajstić information content (AvgIpc) is 2.14. The van der Waals surface area contributed by atoms with Gasteiger partial charge in [0.15, 0.2) is 0 Å². The molecule has 0 aromatic heterocycles. The first-order chi connectivity index (χ1) is 7.77. The van der Waals surface area contributed by atoms with Crippen molar-refractivity contribution in [1.29, 1.82) is 0 Å². The van der Waals surface area contributed by atoms with Crippen molar-refractivity contribution in [2.75, 3.05) is 25.6 Å². The highest BCUT2D eigenvalue weighted by Crippen LogP contribution is 2.15. The first-order valence-corrected chi connectivity index (χ1v) is 6.94. The second-order valence-electron chi connectivity index (χ2n) is 3.58. The Labute approximate surface area is 110 Å². The van der Waals surface area contributed by atoms with E-state index in [0.29, 0.717) is 11.5 Å². The molecule has 2 N–H and O–H groups in total. The highest BCUT2D eigenvalue weighted by atomic mass is 32.2. The van der Waals surface area contributed by atoms with Crippen LogP contribution in [0.3, 0.4) is 0 Å². The Balaban J connectivity index is 4.19. The summed E-state index contributed by atoms with van der Waals surface area (Å²) >= 11 is 1.31. The minimum Gasteiger partial charge on any atom is -0.480 e. The number of carboxylic acid groups (broad SMARTS) is 2. The maximum absolute atomic E-state index is 10.9. The Morgan fingerprint density at radius 2 is 1.35 bits per heavy atom. The van der Waals surface area contributed by atoms with E-state index < -0.39 is 24.0 Å². The lowest BCUT2D eigenvalue weighted by Gasteiger charge is -2.22. The minimum absolute atomic E-state index is 0.345. The van der Waals surface area contributed by atoms with Crippen molar-refractivity contribution >= 4 is 42.5 Å². The second-order valence-corrected chi connectivity index (χ2v) is 6.28. The van der Waals surface area contributed by atoms with Gasteiger partial charge in [-0.1, -0.05) is 18.8 Å². The molecule has 6 nitrogen and oxygen atoms in total. The molecule has 0 rings (SSSR count). The lowest BCUT2D eigenvalue weighted by molar-refractivity contribution is -0.141. The van der Waals surface area contributed by atoms with E-state index in [1.54, 1.807) is 14.1 Å². The van der Waals surface area contributed by atoms with E-state index in [1.807, 2.05) is 0 Å². The van der Waals surface area contributed by atoms with Gasteiger partial charge < -0.3 is 10.2 Å². The zero-order valence-electron chi connectivity index (χ0n) is 9.74. The molecule has 0 aromatic rings. The van der Waals surface area contributed by atoms with Gasteiger partial charge >= 0.3 is 11.9 Å². The van der Waals surface area contributed by atoms with Crippen molar-refractivity contribution in [2.24, 2.45) is 0 Å². The monoisotopic (exact) mass is 300 g/mol. The Bertz CT molecular complexity index is 252. The molecular weight excluding hydrogens is 282 g/mol. The summed E-state index contributed by atoms with van der Waals surface area (Å²) in [5.74, 6) is -1.14. The zero-order valence-corrected chi connectivity index (χ0v) is 12.9. The lowest BCUT2D eigenvalue weighted by atomic mass is 10.3. The van der Waals surface area contributed by atoms with Crippen LogP contribution in [-0.2, 0) is 9.59 Å². The van der Waals surface area contributed by atoms with E-state index in [1.165, 1.54) is 21.1 Å². The third-order valence-electron chi connectivity index (χ3n) is 2.10. The van der Waals surface area contributed by atoms with Crippen molar-refractivity contribution in [3.05, 3.63) is 0 Å². The normalized spacial score (nSPS) is 14.9. The summed E-state index contributed by atoms with van der Waals surface area (Å²) in [6.07, 6.45) is 0. The standard InChI is InChI=1S/C8H18N2O4P2S/c1-9(15)5(7(11)12)3-17-4-6(8(13)14)10(2)16/h5-6H,3-4,15-16H2,1-2H3,(H,11,12)(H,13,14)/t5-,6-/m0/s1. The number of aliphatic carboxylic acids is 2. The van der Waals surface area contributed by atoms with Crippen LogP contribution in [0.15, 0.2) is 0 Å². The van der Waals surface area contributed by atoms with Gasteiger partial charge in [0.2, 0.25) is 0 Å². The number of rotatable bonds is 8. The molecule has 4 atom stereocenters. The van der Waals surface area contributed by atoms with Crippen LogP contribution in [0.2, 0.25) is 0 Å². The van der Waals surface area contributed by atoms with Gasteiger partial charge in [-0.15, -0.1) is 0 Å². The molecule has 9 heteroatoms. The molecule has 0 aliphatic rings. The van der Waals surface area contributed by atoms with Gasteiger partial charge in [-0.2, -0.15) is 11.8 Å². The molecular formula is C8H18N2O4P2S. The molecule has 0 spiro atoms. The van der Waals surface area contributed by atoms with Crippen molar-refractivity contribution in [2.45, 2.75) is 12.1 Å². The van der Waals surface area contributed by atoms with Gasteiger partial charge in [0, 0.05) is 11.5 Å². The largest absolute Gasteiger partial charge is 0.480 e. The molecule has 0 heterocycles. The van der Waals surface area contributed by atoms with Crippen LogP contribution in [0.25, 0.3) is 0 Å². The smallest absolute Gasteiger partial charge is 0.322 e. The molecule has 0 aliphatic heterocycles. The predicted molar refractivity (Wildman–Crippen MR) is 75.1 cm³/mol. The van der Waals surface area contributed by atoms with Gasteiger partial charge in [-0.25, -0.2) is 0 Å². The summed E-state index contributed by atoms with van der Waals surface area (Å²) in [6, 6.07) is -1.26. The molecule has 2 unspecified atom stereocenters. The van der Waals surface area contributed by atoms with Crippen molar-refractivity contribution in [3.8, 4) is 0 Å². The summed E-state index contributed by atoms with van der Waals surface area (Å²) in [4.78, 5) is 21.8. The van der Waals surface area contributed by atoms with Crippen LogP contribution in [0.4, 0.5) is 0 Å². The zero-order chi connectivity index (χ0) is 13.6. The van der Waals surface area contributed by atoms with Crippen molar-refractivity contribution in [1.82, 2.24) is 9.34 Å². The third kappa shape index (κ3) is 6.53. The summed E-state index contributed by atoms with van der Waals surface area (Å²) in [6.45, 7) is 0.